The zero-order valence-corrected chi connectivity index (χ0v) is 8.70. The van der Waals surface area contributed by atoms with Crippen LogP contribution in [0.2, 0.25) is 0 Å². The summed E-state index contributed by atoms with van der Waals surface area (Å²) in [5, 5.41) is 0. The summed E-state index contributed by atoms with van der Waals surface area (Å²) in [5.41, 5.74) is 5.98. The Hall–Kier alpha value is -0.940. The van der Waals surface area contributed by atoms with Crippen LogP contribution in [0.5, 0.6) is 0 Å². The first-order valence-corrected chi connectivity index (χ1v) is 6.25. The second kappa shape index (κ2) is 5.07. The van der Waals surface area contributed by atoms with Crippen molar-refractivity contribution in [2.45, 2.75) is 12.2 Å². The fraction of sp³-hybridized carbons (Fsp3) is 0.444. The van der Waals surface area contributed by atoms with Crippen molar-refractivity contribution in [1.82, 2.24) is 4.98 Å². The van der Waals surface area contributed by atoms with Crippen LogP contribution in [-0.2, 0) is 15.6 Å². The Bertz CT molecular complexity index is 362. The minimum Gasteiger partial charge on any atom is -0.330 e. The van der Waals surface area contributed by atoms with Gasteiger partial charge in [-0.05, 0) is 24.6 Å². The first-order chi connectivity index (χ1) is 6.64. The molecule has 2 N–H and O–H groups in total. The van der Waals surface area contributed by atoms with Crippen LogP contribution < -0.4 is 5.73 Å². The Kier molecular flexibility index (Phi) is 4.03. The van der Waals surface area contributed by atoms with Crippen LogP contribution in [0.1, 0.15) is 12.0 Å². The third-order valence-corrected chi connectivity index (χ3v) is 3.45. The maximum Gasteiger partial charge on any atom is 0.154 e. The van der Waals surface area contributed by atoms with Crippen LogP contribution in [0.25, 0.3) is 0 Å². The summed E-state index contributed by atoms with van der Waals surface area (Å²) in [6.07, 6.45) is 3.71. The van der Waals surface area contributed by atoms with Gasteiger partial charge in [0.2, 0.25) is 0 Å². The van der Waals surface area contributed by atoms with Crippen LogP contribution in [0, 0.1) is 0 Å². The summed E-state index contributed by atoms with van der Waals surface area (Å²) >= 11 is 0. The van der Waals surface area contributed by atoms with Gasteiger partial charge in [-0.1, -0.05) is 6.07 Å². The van der Waals surface area contributed by atoms with E-state index in [2.05, 4.69) is 4.98 Å². The molecule has 1 aromatic heterocycles. The minimum atomic E-state index is -3.02. The predicted molar refractivity (Wildman–Crippen MR) is 55.4 cm³/mol. The summed E-state index contributed by atoms with van der Waals surface area (Å²) in [7, 11) is -3.02. The molecule has 0 aliphatic heterocycles. The molecule has 0 amide bonds. The maximum absolute atomic E-state index is 11.5. The molecule has 1 aromatic rings. The molecular weight excluding hydrogens is 200 g/mol. The molecule has 0 bridgehead atoms. The van der Waals surface area contributed by atoms with Gasteiger partial charge < -0.3 is 5.73 Å². The van der Waals surface area contributed by atoms with Crippen LogP contribution in [0.15, 0.2) is 24.5 Å². The molecule has 0 unspecified atom stereocenters. The highest BCUT2D eigenvalue weighted by Gasteiger charge is 2.10. The van der Waals surface area contributed by atoms with E-state index in [0.717, 1.165) is 5.56 Å². The predicted octanol–water partition coefficient (Wildman–Crippen LogP) is 0.345. The Labute approximate surface area is 84.1 Å². The number of nitrogens with two attached hydrogens (primary N) is 1. The Morgan fingerprint density at radius 3 is 2.79 bits per heavy atom. The minimum absolute atomic E-state index is 0.0564. The normalized spacial score (nSPS) is 11.5. The van der Waals surface area contributed by atoms with E-state index in [4.69, 9.17) is 5.73 Å². The van der Waals surface area contributed by atoms with E-state index >= 15 is 0 Å². The van der Waals surface area contributed by atoms with Gasteiger partial charge >= 0.3 is 0 Å². The summed E-state index contributed by atoms with van der Waals surface area (Å²) in [6, 6.07) is 3.49. The number of rotatable bonds is 5. The molecule has 14 heavy (non-hydrogen) atoms. The summed E-state index contributed by atoms with van der Waals surface area (Å²) < 4.78 is 23.0. The molecule has 78 valence electrons. The molecule has 0 fully saturated rings. The molecule has 0 aromatic carbocycles. The van der Waals surface area contributed by atoms with Crippen LogP contribution in [0.3, 0.4) is 0 Å². The van der Waals surface area contributed by atoms with E-state index in [1.807, 2.05) is 0 Å². The quantitative estimate of drug-likeness (QED) is 0.767. The lowest BCUT2D eigenvalue weighted by Gasteiger charge is -2.02. The fourth-order valence-corrected chi connectivity index (χ4v) is 2.54. The Morgan fingerprint density at radius 2 is 2.21 bits per heavy atom. The lowest BCUT2D eigenvalue weighted by molar-refractivity contribution is 0.592. The third-order valence-electron chi connectivity index (χ3n) is 1.77. The second-order valence-electron chi connectivity index (χ2n) is 3.10. The highest BCUT2D eigenvalue weighted by atomic mass is 32.2. The van der Waals surface area contributed by atoms with Gasteiger partial charge in [-0.15, -0.1) is 0 Å². The molecule has 0 atom stereocenters. The molecule has 1 heterocycles. The molecule has 5 heteroatoms. The van der Waals surface area contributed by atoms with Crippen molar-refractivity contribution in [3.63, 3.8) is 0 Å². The van der Waals surface area contributed by atoms with Crippen molar-refractivity contribution in [3.8, 4) is 0 Å². The maximum atomic E-state index is 11.5. The number of nitrogens with zero attached hydrogens (tertiary/aromatic N) is 1. The van der Waals surface area contributed by atoms with E-state index in [9.17, 15) is 8.42 Å². The van der Waals surface area contributed by atoms with Gasteiger partial charge in [-0.25, -0.2) is 8.42 Å². The SMILES string of the molecule is NCCCS(=O)(=O)Cc1cccnc1. The van der Waals surface area contributed by atoms with Crippen LogP contribution in [0.4, 0.5) is 0 Å². The average molecular weight is 214 g/mol. The van der Waals surface area contributed by atoms with Crippen molar-refractivity contribution in [1.29, 1.82) is 0 Å². The summed E-state index contributed by atoms with van der Waals surface area (Å²) in [5.74, 6) is 0.208. The molecule has 1 rings (SSSR count). The van der Waals surface area contributed by atoms with Crippen molar-refractivity contribution in [2.24, 2.45) is 5.73 Å². The smallest absolute Gasteiger partial charge is 0.154 e. The molecular formula is C9H14N2O2S. The zero-order chi connectivity index (χ0) is 10.4. The average Bonchev–Trinajstić information content (AvgIpc) is 2.16. The van der Waals surface area contributed by atoms with Gasteiger partial charge in [0, 0.05) is 12.4 Å². The number of hydrogen-bond donors (Lipinski definition) is 1. The Balaban J connectivity index is 2.60. The first-order valence-electron chi connectivity index (χ1n) is 4.43. The number of hydrogen-bond acceptors (Lipinski definition) is 4. The third kappa shape index (κ3) is 3.85. The molecule has 0 aliphatic carbocycles. The van der Waals surface area contributed by atoms with Crippen LogP contribution in [-0.4, -0.2) is 25.7 Å². The van der Waals surface area contributed by atoms with Gasteiger partial charge in [0.15, 0.2) is 9.84 Å². The monoisotopic (exact) mass is 214 g/mol. The molecule has 0 saturated carbocycles. The zero-order valence-electron chi connectivity index (χ0n) is 7.89. The largest absolute Gasteiger partial charge is 0.330 e. The fourth-order valence-electron chi connectivity index (χ4n) is 1.11. The first kappa shape index (κ1) is 11.1. The van der Waals surface area contributed by atoms with E-state index in [1.165, 1.54) is 0 Å². The highest BCUT2D eigenvalue weighted by Crippen LogP contribution is 2.05. The highest BCUT2D eigenvalue weighted by molar-refractivity contribution is 7.90. The standard InChI is InChI=1S/C9H14N2O2S/c10-4-2-6-14(12,13)8-9-3-1-5-11-7-9/h1,3,5,7H,2,4,6,8,10H2. The number of pyridine rings is 1. The van der Waals surface area contributed by atoms with Crippen molar-refractivity contribution in [3.05, 3.63) is 30.1 Å². The Morgan fingerprint density at radius 1 is 1.43 bits per heavy atom. The lowest BCUT2D eigenvalue weighted by atomic mass is 10.3. The molecule has 4 nitrogen and oxygen atoms in total. The molecule has 0 saturated heterocycles. The van der Waals surface area contributed by atoms with Crippen LogP contribution >= 0.6 is 0 Å². The number of aromatic nitrogens is 1. The van der Waals surface area contributed by atoms with Gasteiger partial charge in [0.1, 0.15) is 0 Å². The van der Waals surface area contributed by atoms with E-state index in [0.29, 0.717) is 13.0 Å². The van der Waals surface area contributed by atoms with Crippen molar-refractivity contribution >= 4 is 9.84 Å². The molecule has 0 radical (unpaired) electrons. The van der Waals surface area contributed by atoms with Gasteiger partial charge in [-0.3, -0.25) is 4.98 Å². The van der Waals surface area contributed by atoms with Gasteiger partial charge in [0.05, 0.1) is 11.5 Å². The van der Waals surface area contributed by atoms with Gasteiger partial charge in [-0.2, -0.15) is 0 Å². The van der Waals surface area contributed by atoms with Gasteiger partial charge in [0.25, 0.3) is 0 Å². The van der Waals surface area contributed by atoms with Crippen molar-refractivity contribution in [2.75, 3.05) is 12.3 Å². The lowest BCUT2D eigenvalue weighted by Crippen LogP contribution is -2.13. The molecule has 0 aliphatic rings. The topological polar surface area (TPSA) is 73.1 Å². The summed E-state index contributed by atoms with van der Waals surface area (Å²) in [4.78, 5) is 3.86. The molecule has 0 spiro atoms. The number of sulfone groups is 1. The van der Waals surface area contributed by atoms with E-state index in [-0.39, 0.29) is 11.5 Å². The summed E-state index contributed by atoms with van der Waals surface area (Å²) in [6.45, 7) is 0.409. The van der Waals surface area contributed by atoms with E-state index in [1.54, 1.807) is 24.5 Å². The van der Waals surface area contributed by atoms with Crippen molar-refractivity contribution < 1.29 is 8.42 Å². The second-order valence-corrected chi connectivity index (χ2v) is 5.28. The van der Waals surface area contributed by atoms with E-state index < -0.39 is 9.84 Å².